The van der Waals surface area contributed by atoms with Crippen LogP contribution in [-0.4, -0.2) is 47.2 Å². The normalized spacial score (nSPS) is 21.1. The number of aromatic nitrogens is 1. The number of nitrogens with zero attached hydrogens (tertiary/aromatic N) is 2. The van der Waals surface area contributed by atoms with Crippen LogP contribution in [0.1, 0.15) is 24.1 Å². The lowest BCUT2D eigenvalue weighted by Crippen LogP contribution is -2.67. The summed E-state index contributed by atoms with van der Waals surface area (Å²) in [6.45, 7) is 2.28. The molecule has 2 aliphatic heterocycles. The van der Waals surface area contributed by atoms with E-state index in [9.17, 15) is 9.18 Å². The minimum Gasteiger partial charge on any atom is -0.372 e. The summed E-state index contributed by atoms with van der Waals surface area (Å²) in [5.41, 5.74) is 1.31. The second-order valence-electron chi connectivity index (χ2n) is 7.33. The van der Waals surface area contributed by atoms with Crippen molar-refractivity contribution in [1.29, 1.82) is 0 Å². The van der Waals surface area contributed by atoms with Gasteiger partial charge in [0.2, 0.25) is 5.91 Å². The van der Waals surface area contributed by atoms with Gasteiger partial charge in [0.05, 0.1) is 37.9 Å². The summed E-state index contributed by atoms with van der Waals surface area (Å²) in [6.07, 6.45) is 3.72. The molecule has 0 saturated carbocycles. The zero-order valence-corrected chi connectivity index (χ0v) is 15.1. The van der Waals surface area contributed by atoms with Crippen molar-refractivity contribution in [1.82, 2.24) is 9.88 Å². The number of benzene rings is 1. The molecule has 2 fully saturated rings. The van der Waals surface area contributed by atoms with Crippen molar-refractivity contribution in [2.45, 2.75) is 37.6 Å². The molecule has 2 aromatic rings. The summed E-state index contributed by atoms with van der Waals surface area (Å²) >= 11 is 0. The number of carbonyl (C=O) groups is 1. The van der Waals surface area contributed by atoms with E-state index in [-0.39, 0.29) is 29.9 Å². The third kappa shape index (κ3) is 4.34. The maximum Gasteiger partial charge on any atom is 0.227 e. The number of halogens is 1. The van der Waals surface area contributed by atoms with E-state index in [1.54, 1.807) is 23.2 Å². The Labute approximate surface area is 158 Å². The van der Waals surface area contributed by atoms with E-state index in [0.29, 0.717) is 31.9 Å². The SMILES string of the molecule is O=C(Cc1cccc(F)c1)N1CC2(C[C@@H](OCc3ccccn3)CCO2)C1. The Bertz CT molecular complexity index is 793. The molecule has 3 heterocycles. The van der Waals surface area contributed by atoms with E-state index >= 15 is 0 Å². The Morgan fingerprint density at radius 1 is 1.30 bits per heavy atom. The summed E-state index contributed by atoms with van der Waals surface area (Å²) in [5, 5.41) is 0. The summed E-state index contributed by atoms with van der Waals surface area (Å²) in [5.74, 6) is -0.310. The molecule has 2 aliphatic rings. The largest absolute Gasteiger partial charge is 0.372 e. The van der Waals surface area contributed by atoms with Crippen molar-refractivity contribution in [3.8, 4) is 0 Å². The van der Waals surface area contributed by atoms with E-state index in [4.69, 9.17) is 9.47 Å². The van der Waals surface area contributed by atoms with Gasteiger partial charge in [0.25, 0.3) is 0 Å². The molecule has 0 radical (unpaired) electrons. The van der Waals surface area contributed by atoms with Crippen molar-refractivity contribution in [2.24, 2.45) is 0 Å². The van der Waals surface area contributed by atoms with Crippen LogP contribution >= 0.6 is 0 Å². The van der Waals surface area contributed by atoms with Gasteiger partial charge in [0.15, 0.2) is 0 Å². The molecule has 1 aromatic carbocycles. The number of amides is 1. The van der Waals surface area contributed by atoms with Crippen molar-refractivity contribution in [3.63, 3.8) is 0 Å². The molecule has 142 valence electrons. The number of hydrogen-bond donors (Lipinski definition) is 0. The minimum absolute atomic E-state index is 0.00588. The summed E-state index contributed by atoms with van der Waals surface area (Å²) < 4.78 is 25.3. The fourth-order valence-corrected chi connectivity index (χ4v) is 3.79. The van der Waals surface area contributed by atoms with Crippen LogP contribution in [0.4, 0.5) is 4.39 Å². The minimum atomic E-state index is -0.316. The lowest BCUT2D eigenvalue weighted by Gasteiger charge is -2.53. The van der Waals surface area contributed by atoms with Gasteiger partial charge in [-0.15, -0.1) is 0 Å². The van der Waals surface area contributed by atoms with Crippen LogP contribution in [0.25, 0.3) is 0 Å². The highest BCUT2D eigenvalue weighted by Gasteiger charge is 2.49. The average molecular weight is 370 g/mol. The van der Waals surface area contributed by atoms with Crippen LogP contribution in [-0.2, 0) is 27.3 Å². The van der Waals surface area contributed by atoms with Gasteiger partial charge < -0.3 is 14.4 Å². The molecule has 1 atom stereocenters. The number of likely N-dealkylation sites (tertiary alicyclic amines) is 1. The van der Waals surface area contributed by atoms with Crippen molar-refractivity contribution in [2.75, 3.05) is 19.7 Å². The van der Waals surface area contributed by atoms with Crippen molar-refractivity contribution >= 4 is 5.91 Å². The zero-order chi connectivity index (χ0) is 18.7. The lowest BCUT2D eigenvalue weighted by molar-refractivity contribution is -0.202. The Morgan fingerprint density at radius 2 is 2.19 bits per heavy atom. The van der Waals surface area contributed by atoms with Gasteiger partial charge in [-0.1, -0.05) is 18.2 Å². The van der Waals surface area contributed by atoms with E-state index < -0.39 is 0 Å². The molecule has 1 amide bonds. The molecule has 0 aliphatic carbocycles. The molecule has 4 rings (SSSR count). The Morgan fingerprint density at radius 3 is 2.96 bits per heavy atom. The first-order valence-electron chi connectivity index (χ1n) is 9.30. The number of hydrogen-bond acceptors (Lipinski definition) is 4. The van der Waals surface area contributed by atoms with E-state index in [1.165, 1.54) is 12.1 Å². The predicted octanol–water partition coefficient (Wildman–Crippen LogP) is 2.74. The van der Waals surface area contributed by atoms with Gasteiger partial charge in [-0.05, 0) is 36.2 Å². The number of pyridine rings is 1. The first-order chi connectivity index (χ1) is 13.1. The summed E-state index contributed by atoms with van der Waals surface area (Å²) in [6, 6.07) is 12.0. The van der Waals surface area contributed by atoms with Gasteiger partial charge in [-0.3, -0.25) is 9.78 Å². The summed E-state index contributed by atoms with van der Waals surface area (Å²) in [7, 11) is 0. The fourth-order valence-electron chi connectivity index (χ4n) is 3.79. The molecular weight excluding hydrogens is 347 g/mol. The van der Waals surface area contributed by atoms with Crippen LogP contribution < -0.4 is 0 Å². The molecule has 0 unspecified atom stereocenters. The van der Waals surface area contributed by atoms with Gasteiger partial charge in [-0.25, -0.2) is 4.39 Å². The van der Waals surface area contributed by atoms with Crippen LogP contribution in [0.3, 0.4) is 0 Å². The Hall–Kier alpha value is -2.31. The van der Waals surface area contributed by atoms with Crippen molar-refractivity contribution in [3.05, 3.63) is 65.7 Å². The van der Waals surface area contributed by atoms with Crippen LogP contribution in [0.2, 0.25) is 0 Å². The smallest absolute Gasteiger partial charge is 0.227 e. The maximum absolute atomic E-state index is 13.3. The standard InChI is InChI=1S/C21H23FN2O3/c22-17-5-3-4-16(10-17)11-20(25)24-14-21(15-24)12-19(7-9-27-21)26-13-18-6-1-2-8-23-18/h1-6,8,10,19H,7,9,11-15H2/t19-/m0/s1. The highest BCUT2D eigenvalue weighted by molar-refractivity contribution is 5.80. The molecule has 2 saturated heterocycles. The fraction of sp³-hybridized carbons (Fsp3) is 0.429. The first-order valence-corrected chi connectivity index (χ1v) is 9.30. The van der Waals surface area contributed by atoms with Gasteiger partial charge in [-0.2, -0.15) is 0 Å². The second-order valence-corrected chi connectivity index (χ2v) is 7.33. The molecule has 27 heavy (non-hydrogen) atoms. The topological polar surface area (TPSA) is 51.7 Å². The molecule has 6 heteroatoms. The lowest BCUT2D eigenvalue weighted by atomic mass is 9.84. The third-order valence-electron chi connectivity index (χ3n) is 5.20. The van der Waals surface area contributed by atoms with E-state index in [2.05, 4.69) is 4.98 Å². The molecule has 1 spiro atoms. The second kappa shape index (κ2) is 7.74. The van der Waals surface area contributed by atoms with E-state index in [1.807, 2.05) is 18.2 Å². The molecular formula is C21H23FN2O3. The number of rotatable bonds is 5. The molecule has 1 aromatic heterocycles. The molecule has 5 nitrogen and oxygen atoms in total. The first kappa shape index (κ1) is 18.1. The maximum atomic E-state index is 13.3. The zero-order valence-electron chi connectivity index (χ0n) is 15.1. The highest BCUT2D eigenvalue weighted by atomic mass is 19.1. The number of carbonyl (C=O) groups excluding carboxylic acids is 1. The van der Waals surface area contributed by atoms with Crippen LogP contribution in [0, 0.1) is 5.82 Å². The molecule has 0 N–H and O–H groups in total. The van der Waals surface area contributed by atoms with Gasteiger partial charge >= 0.3 is 0 Å². The molecule has 0 bridgehead atoms. The quantitative estimate of drug-likeness (QED) is 0.812. The Balaban J connectivity index is 1.27. The van der Waals surface area contributed by atoms with E-state index in [0.717, 1.165) is 18.5 Å². The monoisotopic (exact) mass is 370 g/mol. The number of ether oxygens (including phenoxy) is 2. The van der Waals surface area contributed by atoms with Crippen molar-refractivity contribution < 1.29 is 18.7 Å². The van der Waals surface area contributed by atoms with Gasteiger partial charge in [0, 0.05) is 19.2 Å². The average Bonchev–Trinajstić information content (AvgIpc) is 2.65. The van der Waals surface area contributed by atoms with Gasteiger partial charge in [0.1, 0.15) is 11.4 Å². The van der Waals surface area contributed by atoms with Crippen LogP contribution in [0.15, 0.2) is 48.7 Å². The van der Waals surface area contributed by atoms with Crippen LogP contribution in [0.5, 0.6) is 0 Å². The third-order valence-corrected chi connectivity index (χ3v) is 5.20. The Kier molecular flexibility index (Phi) is 5.18. The highest BCUT2D eigenvalue weighted by Crippen LogP contribution is 2.35. The predicted molar refractivity (Wildman–Crippen MR) is 97.4 cm³/mol. The summed E-state index contributed by atoms with van der Waals surface area (Å²) in [4.78, 5) is 18.5.